The SMILES string of the molecule is O=C(CCN1CCCCC1)N[C@@H]1CC[C@@H](CCNC(=O)c2cc(Cl)cc(Cl)c2)O[C@@H]1CO. The number of carbonyl (C=O) groups excluding carboxylic acids is 2. The van der Waals surface area contributed by atoms with Gasteiger partial charge < -0.3 is 25.4 Å². The Kier molecular flexibility index (Phi) is 10.1. The fourth-order valence-electron chi connectivity index (χ4n) is 4.36. The summed E-state index contributed by atoms with van der Waals surface area (Å²) in [6, 6.07) is 4.53. The maximum absolute atomic E-state index is 12.4. The Hall–Kier alpha value is -1.38. The van der Waals surface area contributed by atoms with Crippen molar-refractivity contribution in [3.8, 4) is 0 Å². The molecule has 7 nitrogen and oxygen atoms in total. The number of benzene rings is 1. The van der Waals surface area contributed by atoms with Crippen LogP contribution in [-0.4, -0.2) is 72.9 Å². The number of hydrogen-bond donors (Lipinski definition) is 3. The van der Waals surface area contributed by atoms with E-state index in [4.69, 9.17) is 27.9 Å². The third-order valence-corrected chi connectivity index (χ3v) is 6.56. The summed E-state index contributed by atoms with van der Waals surface area (Å²) in [5.74, 6) is -0.240. The smallest absolute Gasteiger partial charge is 0.251 e. The molecule has 178 valence electrons. The highest BCUT2D eigenvalue weighted by molar-refractivity contribution is 6.35. The maximum Gasteiger partial charge on any atom is 0.251 e. The number of nitrogens with one attached hydrogen (secondary N) is 2. The molecule has 2 amide bonds. The number of aliphatic hydroxyl groups is 1. The molecule has 0 unspecified atom stereocenters. The molecule has 0 spiro atoms. The van der Waals surface area contributed by atoms with Gasteiger partial charge in [-0.05, 0) is 63.4 Å². The summed E-state index contributed by atoms with van der Waals surface area (Å²) in [7, 11) is 0. The van der Waals surface area contributed by atoms with Gasteiger partial charge in [0.15, 0.2) is 0 Å². The molecule has 0 saturated carbocycles. The Labute approximate surface area is 199 Å². The Morgan fingerprint density at radius 3 is 2.50 bits per heavy atom. The molecule has 2 heterocycles. The molecule has 32 heavy (non-hydrogen) atoms. The van der Waals surface area contributed by atoms with Crippen LogP contribution in [0.15, 0.2) is 18.2 Å². The number of carbonyl (C=O) groups is 2. The second-order valence-electron chi connectivity index (χ2n) is 8.59. The summed E-state index contributed by atoms with van der Waals surface area (Å²) < 4.78 is 6.00. The highest BCUT2D eigenvalue weighted by Gasteiger charge is 2.31. The Balaban J connectivity index is 1.37. The van der Waals surface area contributed by atoms with E-state index in [1.54, 1.807) is 18.2 Å². The summed E-state index contributed by atoms with van der Waals surface area (Å²) in [6.45, 7) is 3.20. The molecule has 9 heteroatoms. The normalized spacial score (nSPS) is 24.2. The zero-order chi connectivity index (χ0) is 22.9. The van der Waals surface area contributed by atoms with Gasteiger partial charge in [-0.25, -0.2) is 0 Å². The molecule has 0 bridgehead atoms. The predicted molar refractivity (Wildman–Crippen MR) is 125 cm³/mol. The second-order valence-corrected chi connectivity index (χ2v) is 9.46. The van der Waals surface area contributed by atoms with Crippen LogP contribution >= 0.6 is 23.2 Å². The van der Waals surface area contributed by atoms with Gasteiger partial charge in [-0.15, -0.1) is 0 Å². The lowest BCUT2D eigenvalue weighted by Gasteiger charge is -2.36. The fraction of sp³-hybridized carbons (Fsp3) is 0.652. The third-order valence-electron chi connectivity index (χ3n) is 6.12. The average molecular weight is 486 g/mol. The van der Waals surface area contributed by atoms with Crippen LogP contribution < -0.4 is 10.6 Å². The van der Waals surface area contributed by atoms with Gasteiger partial charge in [0.2, 0.25) is 5.91 Å². The van der Waals surface area contributed by atoms with E-state index in [1.165, 1.54) is 19.3 Å². The molecule has 0 aliphatic carbocycles. The van der Waals surface area contributed by atoms with Gasteiger partial charge in [0, 0.05) is 35.1 Å². The lowest BCUT2D eigenvalue weighted by Crippen LogP contribution is -2.51. The molecule has 0 aromatic heterocycles. The second kappa shape index (κ2) is 12.8. The van der Waals surface area contributed by atoms with Crippen molar-refractivity contribution in [2.24, 2.45) is 0 Å². The molecule has 3 atom stereocenters. The number of piperidine rings is 1. The standard InChI is InChI=1S/C23H33Cl2N3O4/c24-17-12-16(13-18(25)14-17)23(31)26-8-6-19-4-5-20(21(15-29)32-19)27-22(30)7-11-28-9-2-1-3-10-28/h12-14,19-21,29H,1-11,15H2,(H,26,31)(H,27,30)/t19-,20+,21+/m0/s1. The first-order valence-electron chi connectivity index (χ1n) is 11.5. The topological polar surface area (TPSA) is 90.9 Å². The maximum atomic E-state index is 12.4. The monoisotopic (exact) mass is 485 g/mol. The molecule has 2 aliphatic heterocycles. The van der Waals surface area contributed by atoms with Crippen molar-refractivity contribution in [1.82, 2.24) is 15.5 Å². The van der Waals surface area contributed by atoms with Gasteiger partial charge in [0.05, 0.1) is 18.8 Å². The van der Waals surface area contributed by atoms with Crippen LogP contribution in [0.3, 0.4) is 0 Å². The van der Waals surface area contributed by atoms with Gasteiger partial charge in [0.1, 0.15) is 6.10 Å². The molecular weight excluding hydrogens is 453 g/mol. The van der Waals surface area contributed by atoms with Crippen LogP contribution in [0.1, 0.15) is 55.3 Å². The highest BCUT2D eigenvalue weighted by Crippen LogP contribution is 2.22. The van der Waals surface area contributed by atoms with E-state index in [0.717, 1.165) is 32.5 Å². The number of hydrogen-bond acceptors (Lipinski definition) is 5. The lowest BCUT2D eigenvalue weighted by molar-refractivity contribution is -0.128. The number of nitrogens with zero attached hydrogens (tertiary/aromatic N) is 1. The van der Waals surface area contributed by atoms with E-state index >= 15 is 0 Å². The van der Waals surface area contributed by atoms with Crippen LogP contribution in [0.5, 0.6) is 0 Å². The quantitative estimate of drug-likeness (QED) is 0.499. The molecule has 3 N–H and O–H groups in total. The first-order valence-corrected chi connectivity index (χ1v) is 12.2. The van der Waals surface area contributed by atoms with Gasteiger partial charge in [-0.3, -0.25) is 9.59 Å². The van der Waals surface area contributed by atoms with Crippen LogP contribution in [0.2, 0.25) is 10.0 Å². The number of ether oxygens (including phenoxy) is 1. The average Bonchev–Trinajstić information content (AvgIpc) is 2.78. The van der Waals surface area contributed by atoms with Crippen LogP contribution in [0, 0.1) is 0 Å². The van der Waals surface area contributed by atoms with Crippen molar-refractivity contribution >= 4 is 35.0 Å². The molecule has 2 aliphatic rings. The molecule has 1 aromatic carbocycles. The third kappa shape index (κ3) is 7.89. The van der Waals surface area contributed by atoms with E-state index in [9.17, 15) is 14.7 Å². The zero-order valence-corrected chi connectivity index (χ0v) is 19.8. The lowest BCUT2D eigenvalue weighted by atomic mass is 9.97. The number of halogens is 2. The van der Waals surface area contributed by atoms with Crippen LogP contribution in [0.25, 0.3) is 0 Å². The molecular formula is C23H33Cl2N3O4. The number of rotatable bonds is 9. The van der Waals surface area contributed by atoms with Crippen molar-refractivity contribution in [3.63, 3.8) is 0 Å². The van der Waals surface area contributed by atoms with Crippen LogP contribution in [0.4, 0.5) is 0 Å². The van der Waals surface area contributed by atoms with Crippen molar-refractivity contribution in [2.75, 3.05) is 32.8 Å². The van der Waals surface area contributed by atoms with E-state index in [2.05, 4.69) is 15.5 Å². The van der Waals surface area contributed by atoms with E-state index in [0.29, 0.717) is 35.0 Å². The molecule has 3 rings (SSSR count). The number of likely N-dealkylation sites (tertiary alicyclic amines) is 1. The van der Waals surface area contributed by atoms with Crippen molar-refractivity contribution in [2.45, 2.75) is 63.2 Å². The Morgan fingerprint density at radius 2 is 1.81 bits per heavy atom. The molecule has 2 saturated heterocycles. The predicted octanol–water partition coefficient (Wildman–Crippen LogP) is 3.01. The number of aliphatic hydroxyl groups excluding tert-OH is 1. The minimum Gasteiger partial charge on any atom is -0.394 e. The number of amides is 2. The minimum absolute atomic E-state index is 0.00789. The van der Waals surface area contributed by atoms with Gasteiger partial charge >= 0.3 is 0 Å². The van der Waals surface area contributed by atoms with E-state index in [-0.39, 0.29) is 30.6 Å². The molecule has 2 fully saturated rings. The largest absolute Gasteiger partial charge is 0.394 e. The van der Waals surface area contributed by atoms with Crippen molar-refractivity contribution in [1.29, 1.82) is 0 Å². The van der Waals surface area contributed by atoms with E-state index < -0.39 is 6.10 Å². The van der Waals surface area contributed by atoms with Gasteiger partial charge in [0.25, 0.3) is 5.91 Å². The fourth-order valence-corrected chi connectivity index (χ4v) is 4.89. The summed E-state index contributed by atoms with van der Waals surface area (Å²) in [5, 5.41) is 16.5. The first kappa shape index (κ1) is 25.2. The molecule has 1 aromatic rings. The van der Waals surface area contributed by atoms with Gasteiger partial charge in [-0.1, -0.05) is 29.6 Å². The summed E-state index contributed by atoms with van der Waals surface area (Å²) in [5.41, 5.74) is 0.410. The first-order chi connectivity index (χ1) is 15.4. The van der Waals surface area contributed by atoms with Gasteiger partial charge in [-0.2, -0.15) is 0 Å². The van der Waals surface area contributed by atoms with E-state index in [1.807, 2.05) is 0 Å². The Bertz CT molecular complexity index is 753. The minimum atomic E-state index is -0.435. The Morgan fingerprint density at radius 1 is 1.09 bits per heavy atom. The highest BCUT2D eigenvalue weighted by atomic mass is 35.5. The van der Waals surface area contributed by atoms with Crippen LogP contribution in [-0.2, 0) is 9.53 Å². The summed E-state index contributed by atoms with van der Waals surface area (Å²) in [6.07, 6.45) is 5.75. The summed E-state index contributed by atoms with van der Waals surface area (Å²) in [4.78, 5) is 27.0. The molecule has 0 radical (unpaired) electrons. The van der Waals surface area contributed by atoms with Crippen molar-refractivity contribution in [3.05, 3.63) is 33.8 Å². The summed E-state index contributed by atoms with van der Waals surface area (Å²) >= 11 is 11.9. The zero-order valence-electron chi connectivity index (χ0n) is 18.3. The van der Waals surface area contributed by atoms with Crippen molar-refractivity contribution < 1.29 is 19.4 Å².